The molecule has 1 N–H and O–H groups in total. The summed E-state index contributed by atoms with van der Waals surface area (Å²) < 4.78 is 0. The lowest BCUT2D eigenvalue weighted by atomic mass is 10.3. The Morgan fingerprint density at radius 2 is 2.29 bits per heavy atom. The van der Waals surface area contributed by atoms with Crippen LogP contribution in [0, 0.1) is 6.92 Å². The average Bonchev–Trinajstić information content (AvgIpc) is 2.74. The average molecular weight is 236 g/mol. The number of β-amino-alcohol motifs (C(OH)–C–C–N with tert-alkyl or cyclic N) is 1. The first kappa shape index (κ1) is 12.1. The first-order valence-corrected chi connectivity index (χ1v) is 6.10. The van der Waals surface area contributed by atoms with E-state index in [2.05, 4.69) is 26.7 Å². The molecular formula is C12H20N4O. The third-order valence-corrected chi connectivity index (χ3v) is 3.16. The van der Waals surface area contributed by atoms with E-state index in [0.29, 0.717) is 6.54 Å². The van der Waals surface area contributed by atoms with Gasteiger partial charge in [0.15, 0.2) is 0 Å². The van der Waals surface area contributed by atoms with Crippen LogP contribution >= 0.6 is 0 Å². The van der Waals surface area contributed by atoms with Crippen LogP contribution in [0.1, 0.15) is 19.2 Å². The molecule has 1 unspecified atom stereocenters. The largest absolute Gasteiger partial charge is 0.391 e. The van der Waals surface area contributed by atoms with E-state index in [1.54, 1.807) is 0 Å². The highest BCUT2D eigenvalue weighted by molar-refractivity contribution is 5.51. The quantitative estimate of drug-likeness (QED) is 0.841. The monoisotopic (exact) mass is 236 g/mol. The smallest absolute Gasteiger partial charge is 0.134 e. The molecule has 17 heavy (non-hydrogen) atoms. The van der Waals surface area contributed by atoms with Gasteiger partial charge in [-0.2, -0.15) is 0 Å². The highest BCUT2D eigenvalue weighted by atomic mass is 16.3. The number of rotatable bonds is 3. The summed E-state index contributed by atoms with van der Waals surface area (Å²) in [4.78, 5) is 13.1. The molecule has 1 aliphatic heterocycles. The van der Waals surface area contributed by atoms with Gasteiger partial charge < -0.3 is 14.9 Å². The molecule has 1 fully saturated rings. The van der Waals surface area contributed by atoms with E-state index in [0.717, 1.165) is 37.0 Å². The van der Waals surface area contributed by atoms with E-state index in [-0.39, 0.29) is 6.10 Å². The number of aryl methyl sites for hydroxylation is 1. The van der Waals surface area contributed by atoms with E-state index < -0.39 is 0 Å². The summed E-state index contributed by atoms with van der Waals surface area (Å²) >= 11 is 0. The molecule has 0 aliphatic carbocycles. The molecule has 0 radical (unpaired) electrons. The Kier molecular flexibility index (Phi) is 3.47. The Hall–Kier alpha value is -1.36. The van der Waals surface area contributed by atoms with Crippen molar-refractivity contribution in [3.8, 4) is 0 Å². The molecule has 1 aromatic rings. The summed E-state index contributed by atoms with van der Waals surface area (Å²) in [7, 11) is 2.02. The molecule has 1 saturated heterocycles. The Balaban J connectivity index is 2.25. The number of aliphatic hydroxyl groups is 1. The second kappa shape index (κ2) is 4.87. The van der Waals surface area contributed by atoms with Crippen molar-refractivity contribution in [3.63, 3.8) is 0 Å². The summed E-state index contributed by atoms with van der Waals surface area (Å²) in [6.45, 7) is 6.46. The molecule has 5 nitrogen and oxygen atoms in total. The normalized spacial score (nSPS) is 19.8. The molecule has 94 valence electrons. The number of nitrogens with zero attached hydrogens (tertiary/aromatic N) is 4. The van der Waals surface area contributed by atoms with Gasteiger partial charge in [-0.25, -0.2) is 9.97 Å². The van der Waals surface area contributed by atoms with Crippen LogP contribution < -0.4 is 9.80 Å². The maximum atomic E-state index is 9.56. The molecule has 0 saturated carbocycles. The van der Waals surface area contributed by atoms with Crippen molar-refractivity contribution in [1.82, 2.24) is 9.97 Å². The molecule has 2 heterocycles. The van der Waals surface area contributed by atoms with Crippen molar-refractivity contribution in [1.29, 1.82) is 0 Å². The van der Waals surface area contributed by atoms with Gasteiger partial charge in [0.1, 0.15) is 17.5 Å². The van der Waals surface area contributed by atoms with Crippen LogP contribution in [0.4, 0.5) is 11.6 Å². The fraction of sp³-hybridized carbons (Fsp3) is 0.667. The van der Waals surface area contributed by atoms with Crippen molar-refractivity contribution >= 4 is 11.6 Å². The Bertz CT molecular complexity index is 396. The minimum absolute atomic E-state index is 0.224. The van der Waals surface area contributed by atoms with Gasteiger partial charge in [0.2, 0.25) is 0 Å². The third kappa shape index (κ3) is 2.66. The number of anilines is 2. The lowest BCUT2D eigenvalue weighted by molar-refractivity contribution is 0.198. The number of aromatic nitrogens is 2. The first-order chi connectivity index (χ1) is 8.10. The van der Waals surface area contributed by atoms with Crippen molar-refractivity contribution in [2.24, 2.45) is 0 Å². The summed E-state index contributed by atoms with van der Waals surface area (Å²) in [5, 5.41) is 9.56. The van der Waals surface area contributed by atoms with Gasteiger partial charge in [-0.15, -0.1) is 0 Å². The van der Waals surface area contributed by atoms with Gasteiger partial charge in [0.25, 0.3) is 0 Å². The maximum Gasteiger partial charge on any atom is 0.134 e. The van der Waals surface area contributed by atoms with Crippen molar-refractivity contribution < 1.29 is 5.11 Å². The molecule has 0 amide bonds. The standard InChI is InChI=1S/C12H20N4O/c1-4-15(3)11-7-12(14-9(2)13-11)16-6-5-10(17)8-16/h7,10,17H,4-6,8H2,1-3H3. The van der Waals surface area contributed by atoms with Crippen LogP contribution in [0.25, 0.3) is 0 Å². The van der Waals surface area contributed by atoms with Crippen LogP contribution in [0.5, 0.6) is 0 Å². The number of hydrogen-bond donors (Lipinski definition) is 1. The second-order valence-corrected chi connectivity index (χ2v) is 4.53. The van der Waals surface area contributed by atoms with Gasteiger partial charge in [0.05, 0.1) is 6.10 Å². The zero-order valence-corrected chi connectivity index (χ0v) is 10.7. The molecule has 0 bridgehead atoms. The molecule has 0 aromatic carbocycles. The van der Waals surface area contributed by atoms with Crippen LogP contribution in [0.15, 0.2) is 6.07 Å². The van der Waals surface area contributed by atoms with Crippen molar-refractivity contribution in [3.05, 3.63) is 11.9 Å². The predicted octanol–water partition coefficient (Wildman–Crippen LogP) is 0.812. The van der Waals surface area contributed by atoms with Crippen LogP contribution in [-0.2, 0) is 0 Å². The van der Waals surface area contributed by atoms with Crippen LogP contribution in [-0.4, -0.2) is 47.9 Å². The van der Waals surface area contributed by atoms with E-state index >= 15 is 0 Å². The lowest BCUT2D eigenvalue weighted by Gasteiger charge is -2.21. The summed E-state index contributed by atoms with van der Waals surface area (Å²) in [5.74, 6) is 2.64. The maximum absolute atomic E-state index is 9.56. The van der Waals surface area contributed by atoms with E-state index in [4.69, 9.17) is 0 Å². The Morgan fingerprint density at radius 1 is 1.53 bits per heavy atom. The zero-order valence-electron chi connectivity index (χ0n) is 10.7. The second-order valence-electron chi connectivity index (χ2n) is 4.53. The molecule has 1 atom stereocenters. The number of hydrogen-bond acceptors (Lipinski definition) is 5. The van der Waals surface area contributed by atoms with Crippen LogP contribution in [0.2, 0.25) is 0 Å². The van der Waals surface area contributed by atoms with Crippen molar-refractivity contribution in [2.45, 2.75) is 26.4 Å². The summed E-state index contributed by atoms with van der Waals surface area (Å²) in [5.41, 5.74) is 0. The van der Waals surface area contributed by atoms with Crippen molar-refractivity contribution in [2.75, 3.05) is 36.5 Å². The predicted molar refractivity (Wildman–Crippen MR) is 68.5 cm³/mol. The minimum atomic E-state index is -0.224. The molecule has 1 aliphatic rings. The molecule has 0 spiro atoms. The minimum Gasteiger partial charge on any atom is -0.391 e. The fourth-order valence-electron chi connectivity index (χ4n) is 2.01. The highest BCUT2D eigenvalue weighted by Crippen LogP contribution is 2.22. The van der Waals surface area contributed by atoms with Gasteiger partial charge in [-0.1, -0.05) is 0 Å². The first-order valence-electron chi connectivity index (χ1n) is 6.10. The van der Waals surface area contributed by atoms with Gasteiger partial charge in [0, 0.05) is 32.7 Å². The topological polar surface area (TPSA) is 52.5 Å². The SMILES string of the molecule is CCN(C)c1cc(N2CCC(O)C2)nc(C)n1. The van der Waals surface area contributed by atoms with E-state index in [9.17, 15) is 5.11 Å². The molecule has 2 rings (SSSR count). The molecular weight excluding hydrogens is 216 g/mol. The summed E-state index contributed by atoms with van der Waals surface area (Å²) in [6.07, 6.45) is 0.597. The third-order valence-electron chi connectivity index (χ3n) is 3.16. The van der Waals surface area contributed by atoms with E-state index in [1.807, 2.05) is 20.0 Å². The Labute approximate surface area is 102 Å². The highest BCUT2D eigenvalue weighted by Gasteiger charge is 2.22. The van der Waals surface area contributed by atoms with E-state index in [1.165, 1.54) is 0 Å². The van der Waals surface area contributed by atoms with Crippen LogP contribution in [0.3, 0.4) is 0 Å². The fourth-order valence-corrected chi connectivity index (χ4v) is 2.01. The van der Waals surface area contributed by atoms with Gasteiger partial charge in [-0.3, -0.25) is 0 Å². The lowest BCUT2D eigenvalue weighted by Crippen LogP contribution is -2.24. The molecule has 1 aromatic heterocycles. The van der Waals surface area contributed by atoms with Gasteiger partial charge >= 0.3 is 0 Å². The Morgan fingerprint density at radius 3 is 2.88 bits per heavy atom. The summed E-state index contributed by atoms with van der Waals surface area (Å²) in [6, 6.07) is 1.99. The van der Waals surface area contributed by atoms with Gasteiger partial charge in [-0.05, 0) is 20.3 Å². The zero-order chi connectivity index (χ0) is 12.4. The number of aliphatic hydroxyl groups excluding tert-OH is 1. The molecule has 5 heteroatoms.